The number of aliphatic imine (C=N–C) groups is 1. The molecule has 140 valence electrons. The summed E-state index contributed by atoms with van der Waals surface area (Å²) in [7, 11) is 0. The maximum absolute atomic E-state index is 6.10. The fraction of sp³-hybridized carbons (Fsp3) is 0.778. The predicted octanol–water partition coefficient (Wildman–Crippen LogP) is 1.93. The zero-order valence-corrected chi connectivity index (χ0v) is 15.2. The molecule has 1 aromatic heterocycles. The molecular weight excluding hydrogens is 318 g/mol. The van der Waals surface area contributed by atoms with E-state index in [9.17, 15) is 0 Å². The summed E-state index contributed by atoms with van der Waals surface area (Å²) >= 11 is 0. The molecule has 1 aromatic rings. The van der Waals surface area contributed by atoms with Crippen LogP contribution < -0.4 is 5.32 Å². The summed E-state index contributed by atoms with van der Waals surface area (Å²) < 4.78 is 11.9. The molecule has 3 rings (SSSR count). The van der Waals surface area contributed by atoms with Crippen LogP contribution in [0.4, 0.5) is 0 Å². The summed E-state index contributed by atoms with van der Waals surface area (Å²) in [5.74, 6) is 0.978. The summed E-state index contributed by atoms with van der Waals surface area (Å²) in [6.07, 6.45) is 8.10. The number of H-pyrrole nitrogens is 1. The lowest BCUT2D eigenvalue weighted by atomic mass is 10.1. The van der Waals surface area contributed by atoms with Crippen molar-refractivity contribution in [3.8, 4) is 0 Å². The van der Waals surface area contributed by atoms with Crippen molar-refractivity contribution >= 4 is 5.96 Å². The van der Waals surface area contributed by atoms with E-state index in [4.69, 9.17) is 14.5 Å². The molecule has 1 atom stereocenters. The van der Waals surface area contributed by atoms with E-state index in [1.54, 1.807) is 6.20 Å². The minimum atomic E-state index is 0.306. The Morgan fingerprint density at radius 3 is 2.96 bits per heavy atom. The monoisotopic (exact) mass is 349 g/mol. The molecule has 3 heterocycles. The third-order valence-corrected chi connectivity index (χ3v) is 4.83. The number of hydrogen-bond donors (Lipinski definition) is 2. The molecule has 1 unspecified atom stereocenters. The Hall–Kier alpha value is -1.60. The number of ether oxygens (including phenoxy) is 2. The SMILES string of the molecule is CCNC(=NCc1ccn[nH]1)N1CCC(OCC2CCCCO2)CC1. The number of likely N-dealkylation sites (tertiary alicyclic amines) is 1. The van der Waals surface area contributed by atoms with Crippen LogP contribution in [0, 0.1) is 0 Å². The van der Waals surface area contributed by atoms with Crippen molar-refractivity contribution in [2.45, 2.75) is 57.8 Å². The van der Waals surface area contributed by atoms with E-state index in [0.29, 0.717) is 18.8 Å². The van der Waals surface area contributed by atoms with Gasteiger partial charge in [-0.15, -0.1) is 0 Å². The highest BCUT2D eigenvalue weighted by Gasteiger charge is 2.23. The standard InChI is InChI=1S/C18H31N5O2/c1-2-19-18(20-13-15-6-9-21-22-15)23-10-7-16(8-11-23)25-14-17-5-3-4-12-24-17/h6,9,16-17H,2-5,7-8,10-14H2,1H3,(H,19,20)(H,21,22). The van der Waals surface area contributed by atoms with Crippen molar-refractivity contribution in [2.24, 2.45) is 4.99 Å². The number of piperidine rings is 1. The first kappa shape index (κ1) is 18.2. The Labute approximate surface area is 150 Å². The molecule has 7 heteroatoms. The van der Waals surface area contributed by atoms with Gasteiger partial charge >= 0.3 is 0 Å². The van der Waals surface area contributed by atoms with Crippen molar-refractivity contribution in [1.29, 1.82) is 0 Å². The summed E-state index contributed by atoms with van der Waals surface area (Å²) in [6.45, 7) is 7.20. The molecule has 0 spiro atoms. The van der Waals surface area contributed by atoms with Gasteiger partial charge < -0.3 is 19.7 Å². The Kier molecular flexibility index (Phi) is 7.11. The van der Waals surface area contributed by atoms with Crippen LogP contribution in [0.25, 0.3) is 0 Å². The molecule has 0 aliphatic carbocycles. The second kappa shape index (κ2) is 9.77. The average molecular weight is 349 g/mol. The van der Waals surface area contributed by atoms with Gasteiger partial charge in [-0.3, -0.25) is 5.10 Å². The van der Waals surface area contributed by atoms with Gasteiger partial charge in [-0.05, 0) is 45.1 Å². The molecule has 2 fully saturated rings. The van der Waals surface area contributed by atoms with E-state index in [0.717, 1.165) is 63.8 Å². The third kappa shape index (κ3) is 5.71. The maximum atomic E-state index is 6.10. The van der Waals surface area contributed by atoms with Gasteiger partial charge in [0.05, 0.1) is 31.1 Å². The van der Waals surface area contributed by atoms with Gasteiger partial charge in [-0.1, -0.05) is 0 Å². The minimum absolute atomic E-state index is 0.306. The second-order valence-corrected chi connectivity index (χ2v) is 6.76. The molecule has 0 amide bonds. The predicted molar refractivity (Wildman–Crippen MR) is 97.5 cm³/mol. The molecule has 0 saturated carbocycles. The normalized spacial score (nSPS) is 23.0. The summed E-state index contributed by atoms with van der Waals surface area (Å²) in [5, 5.41) is 10.3. The van der Waals surface area contributed by atoms with Crippen LogP contribution in [0.1, 0.15) is 44.7 Å². The van der Waals surface area contributed by atoms with Gasteiger partial charge in [0, 0.05) is 32.4 Å². The fourth-order valence-electron chi connectivity index (χ4n) is 3.38. The van der Waals surface area contributed by atoms with Crippen molar-refractivity contribution in [3.63, 3.8) is 0 Å². The Morgan fingerprint density at radius 2 is 2.28 bits per heavy atom. The van der Waals surface area contributed by atoms with Crippen LogP contribution in [0.3, 0.4) is 0 Å². The van der Waals surface area contributed by atoms with E-state index < -0.39 is 0 Å². The summed E-state index contributed by atoms with van der Waals surface area (Å²) in [5.41, 5.74) is 1.03. The second-order valence-electron chi connectivity index (χ2n) is 6.76. The van der Waals surface area contributed by atoms with E-state index in [2.05, 4.69) is 27.3 Å². The van der Waals surface area contributed by atoms with E-state index in [1.165, 1.54) is 12.8 Å². The molecule has 2 saturated heterocycles. The summed E-state index contributed by atoms with van der Waals surface area (Å²) in [4.78, 5) is 7.05. The van der Waals surface area contributed by atoms with Crippen LogP contribution in [0.5, 0.6) is 0 Å². The molecule has 7 nitrogen and oxygen atoms in total. The lowest BCUT2D eigenvalue weighted by Crippen LogP contribution is -2.47. The average Bonchev–Trinajstić information content (AvgIpc) is 3.18. The smallest absolute Gasteiger partial charge is 0.194 e. The van der Waals surface area contributed by atoms with E-state index in [-0.39, 0.29) is 0 Å². The van der Waals surface area contributed by atoms with Crippen molar-refractivity contribution in [2.75, 3.05) is 32.8 Å². The van der Waals surface area contributed by atoms with Gasteiger partial charge in [-0.2, -0.15) is 5.10 Å². The third-order valence-electron chi connectivity index (χ3n) is 4.83. The molecule has 2 aliphatic heterocycles. The van der Waals surface area contributed by atoms with Gasteiger partial charge in [0.1, 0.15) is 0 Å². The van der Waals surface area contributed by atoms with Crippen molar-refractivity contribution in [3.05, 3.63) is 18.0 Å². The molecule has 0 radical (unpaired) electrons. The number of rotatable bonds is 6. The Morgan fingerprint density at radius 1 is 1.40 bits per heavy atom. The maximum Gasteiger partial charge on any atom is 0.194 e. The first-order valence-corrected chi connectivity index (χ1v) is 9.60. The van der Waals surface area contributed by atoms with Gasteiger partial charge in [0.15, 0.2) is 5.96 Å². The number of hydrogen-bond acceptors (Lipinski definition) is 4. The van der Waals surface area contributed by atoms with Crippen LogP contribution in [0.15, 0.2) is 17.3 Å². The lowest BCUT2D eigenvalue weighted by molar-refractivity contribution is -0.0721. The minimum Gasteiger partial charge on any atom is -0.376 e. The Balaban J connectivity index is 1.43. The molecule has 2 N–H and O–H groups in total. The van der Waals surface area contributed by atoms with Crippen LogP contribution in [-0.2, 0) is 16.0 Å². The van der Waals surface area contributed by atoms with Crippen LogP contribution in [0.2, 0.25) is 0 Å². The van der Waals surface area contributed by atoms with Crippen molar-refractivity contribution < 1.29 is 9.47 Å². The van der Waals surface area contributed by atoms with Crippen LogP contribution in [-0.4, -0.2) is 66.1 Å². The highest BCUT2D eigenvalue weighted by Crippen LogP contribution is 2.18. The highest BCUT2D eigenvalue weighted by atomic mass is 16.5. The first-order valence-electron chi connectivity index (χ1n) is 9.60. The van der Waals surface area contributed by atoms with E-state index in [1.807, 2.05) is 6.07 Å². The number of aromatic amines is 1. The molecular formula is C18H31N5O2. The highest BCUT2D eigenvalue weighted by molar-refractivity contribution is 5.80. The van der Waals surface area contributed by atoms with Crippen LogP contribution >= 0.6 is 0 Å². The zero-order chi connectivity index (χ0) is 17.3. The fourth-order valence-corrected chi connectivity index (χ4v) is 3.38. The zero-order valence-electron chi connectivity index (χ0n) is 15.2. The number of guanidine groups is 1. The molecule has 0 aromatic carbocycles. The van der Waals surface area contributed by atoms with Gasteiger partial charge in [0.25, 0.3) is 0 Å². The van der Waals surface area contributed by atoms with Gasteiger partial charge in [-0.25, -0.2) is 4.99 Å². The number of nitrogens with one attached hydrogen (secondary N) is 2. The Bertz CT molecular complexity index is 506. The quantitative estimate of drug-likeness (QED) is 0.606. The molecule has 0 bridgehead atoms. The lowest BCUT2D eigenvalue weighted by Gasteiger charge is -2.35. The summed E-state index contributed by atoms with van der Waals surface area (Å²) in [6, 6.07) is 1.96. The number of nitrogens with zero attached hydrogens (tertiary/aromatic N) is 3. The topological polar surface area (TPSA) is 74.8 Å². The largest absolute Gasteiger partial charge is 0.376 e. The molecule has 2 aliphatic rings. The first-order chi connectivity index (χ1) is 12.3. The molecule has 25 heavy (non-hydrogen) atoms. The van der Waals surface area contributed by atoms with Crippen molar-refractivity contribution in [1.82, 2.24) is 20.4 Å². The van der Waals surface area contributed by atoms with Gasteiger partial charge in [0.2, 0.25) is 0 Å². The van der Waals surface area contributed by atoms with E-state index >= 15 is 0 Å². The number of aromatic nitrogens is 2.